The highest BCUT2D eigenvalue weighted by Gasteiger charge is 2.38. The van der Waals surface area contributed by atoms with Crippen LogP contribution in [-0.4, -0.2) is 87.9 Å². The van der Waals surface area contributed by atoms with Crippen LogP contribution in [0, 0.1) is 0 Å². The fraction of sp³-hybridized carbons (Fsp3) is 0.647. The van der Waals surface area contributed by atoms with Crippen LogP contribution in [0.1, 0.15) is 103 Å². The van der Waals surface area contributed by atoms with Crippen molar-refractivity contribution in [3.05, 3.63) is 29.8 Å². The van der Waals surface area contributed by atoms with Crippen molar-refractivity contribution in [2.24, 2.45) is 0 Å². The first-order chi connectivity index (χ1) is 22.4. The number of carbonyl (C=O) groups excluding carboxylic acids is 5. The third kappa shape index (κ3) is 14.4. The number of aromatic hydroxyl groups is 1. The van der Waals surface area contributed by atoms with Crippen molar-refractivity contribution in [1.82, 2.24) is 26.2 Å². The number of phenolic OH excluding ortho intramolecular Hbond substituents is 1. The Morgan fingerprint density at radius 3 is 2.06 bits per heavy atom. The summed E-state index contributed by atoms with van der Waals surface area (Å²) in [5.41, 5.74) is 0.601. The maximum Gasteiger partial charge on any atom is 0.326 e. The zero-order valence-corrected chi connectivity index (χ0v) is 28.0. The minimum Gasteiger partial charge on any atom is -0.508 e. The van der Waals surface area contributed by atoms with Gasteiger partial charge in [0.05, 0.1) is 6.54 Å². The molecule has 1 aromatic rings. The standard InChI is InChI=1S/C34H53N5O8/c1-4-5-6-7-8-9-10-11-12-15-29(41)35-22-30(42)36-23(2)31(43)37-24(3)33(45)39-20-13-14-28(39)32(44)38-27(34(46)47)21-25-16-18-26(40)19-17-25/h16-19,23-24,27-28,40H,4-15,20-22H2,1-3H3,(H,35,41)(H,36,42)(H,37,43)(H,38,44)(H,46,47)/t23-,24-,27-,28-/m0/s1. The summed E-state index contributed by atoms with van der Waals surface area (Å²) >= 11 is 0. The van der Waals surface area contributed by atoms with E-state index in [9.17, 15) is 39.0 Å². The fourth-order valence-corrected chi connectivity index (χ4v) is 5.51. The number of phenols is 1. The van der Waals surface area contributed by atoms with Gasteiger partial charge in [0.25, 0.3) is 0 Å². The summed E-state index contributed by atoms with van der Waals surface area (Å²) in [6.45, 7) is 5.12. The average molecular weight is 660 g/mol. The van der Waals surface area contributed by atoms with E-state index in [0.29, 0.717) is 24.8 Å². The summed E-state index contributed by atoms with van der Waals surface area (Å²) in [7, 11) is 0. The van der Waals surface area contributed by atoms with Gasteiger partial charge >= 0.3 is 5.97 Å². The number of benzene rings is 1. The SMILES string of the molecule is CCCCCCCCCCCC(=O)NCC(=O)N[C@@H](C)C(=O)N[C@@H](C)C(=O)N1CCC[C@H]1C(=O)N[C@@H](Cc1ccc(O)cc1)C(=O)O. The molecule has 6 N–H and O–H groups in total. The van der Waals surface area contributed by atoms with Crippen LogP contribution in [-0.2, 0) is 35.2 Å². The lowest BCUT2D eigenvalue weighted by Crippen LogP contribution is -2.56. The molecule has 2 rings (SSSR count). The Kier molecular flexibility index (Phi) is 17.3. The topological polar surface area (TPSA) is 194 Å². The molecule has 0 radical (unpaired) electrons. The van der Waals surface area contributed by atoms with Crippen LogP contribution in [0.3, 0.4) is 0 Å². The molecule has 262 valence electrons. The molecule has 13 heteroatoms. The normalized spacial score (nSPS) is 16.1. The lowest BCUT2D eigenvalue weighted by Gasteiger charge is -2.28. The van der Waals surface area contributed by atoms with Crippen molar-refractivity contribution in [2.75, 3.05) is 13.1 Å². The molecule has 1 aliphatic heterocycles. The summed E-state index contributed by atoms with van der Waals surface area (Å²) in [6, 6.07) is 1.82. The number of likely N-dealkylation sites (tertiary alicyclic amines) is 1. The van der Waals surface area contributed by atoms with Crippen molar-refractivity contribution < 1.29 is 39.0 Å². The summed E-state index contributed by atoms with van der Waals surface area (Å²) < 4.78 is 0. The van der Waals surface area contributed by atoms with Crippen molar-refractivity contribution >= 4 is 35.5 Å². The van der Waals surface area contributed by atoms with Gasteiger partial charge in [-0.15, -0.1) is 0 Å². The van der Waals surface area contributed by atoms with Gasteiger partial charge in [0.1, 0.15) is 29.9 Å². The number of carboxylic acid groups (broad SMARTS) is 1. The number of hydrogen-bond acceptors (Lipinski definition) is 7. The second-order valence-electron chi connectivity index (χ2n) is 12.3. The van der Waals surface area contributed by atoms with Crippen LogP contribution in [0.25, 0.3) is 0 Å². The van der Waals surface area contributed by atoms with Gasteiger partial charge < -0.3 is 36.4 Å². The number of nitrogens with zero attached hydrogens (tertiary/aromatic N) is 1. The number of carbonyl (C=O) groups is 6. The van der Waals surface area contributed by atoms with E-state index in [1.54, 1.807) is 12.1 Å². The third-order valence-corrected chi connectivity index (χ3v) is 8.28. The molecule has 1 aromatic carbocycles. The van der Waals surface area contributed by atoms with Crippen LogP contribution in [0.4, 0.5) is 0 Å². The molecular weight excluding hydrogens is 606 g/mol. The first-order valence-electron chi connectivity index (χ1n) is 16.9. The lowest BCUT2D eigenvalue weighted by atomic mass is 10.0. The molecule has 1 heterocycles. The molecule has 1 fully saturated rings. The van der Waals surface area contributed by atoms with Crippen molar-refractivity contribution in [3.63, 3.8) is 0 Å². The monoisotopic (exact) mass is 659 g/mol. The minimum absolute atomic E-state index is 0.0128. The maximum absolute atomic E-state index is 13.2. The van der Waals surface area contributed by atoms with Gasteiger partial charge in [-0.25, -0.2) is 4.79 Å². The largest absolute Gasteiger partial charge is 0.508 e. The van der Waals surface area contributed by atoms with E-state index in [1.807, 2.05) is 0 Å². The number of carboxylic acids is 1. The maximum atomic E-state index is 13.2. The predicted octanol–water partition coefficient (Wildman–Crippen LogP) is 2.54. The zero-order valence-electron chi connectivity index (χ0n) is 28.0. The first kappa shape index (κ1) is 39.0. The van der Waals surface area contributed by atoms with Crippen molar-refractivity contribution in [2.45, 2.75) is 128 Å². The Bertz CT molecular complexity index is 1190. The molecule has 0 unspecified atom stereocenters. The van der Waals surface area contributed by atoms with Crippen LogP contribution in [0.2, 0.25) is 0 Å². The van der Waals surface area contributed by atoms with E-state index in [0.717, 1.165) is 19.3 Å². The van der Waals surface area contributed by atoms with Gasteiger partial charge in [0.15, 0.2) is 0 Å². The Balaban J connectivity index is 1.74. The molecule has 4 atom stereocenters. The molecule has 0 aromatic heterocycles. The Morgan fingerprint density at radius 1 is 0.830 bits per heavy atom. The summed E-state index contributed by atoms with van der Waals surface area (Å²) in [6.07, 6.45) is 11.4. The summed E-state index contributed by atoms with van der Waals surface area (Å²) in [5.74, 6) is -3.70. The molecule has 0 saturated carbocycles. The Morgan fingerprint density at radius 2 is 1.45 bits per heavy atom. The van der Waals surface area contributed by atoms with E-state index in [4.69, 9.17) is 0 Å². The quantitative estimate of drug-likeness (QED) is 0.108. The number of rotatable bonds is 21. The number of nitrogens with one attached hydrogen (secondary N) is 4. The van der Waals surface area contributed by atoms with Crippen LogP contribution in [0.15, 0.2) is 24.3 Å². The molecule has 5 amide bonds. The van der Waals surface area contributed by atoms with E-state index in [-0.39, 0.29) is 31.2 Å². The van der Waals surface area contributed by atoms with Gasteiger partial charge in [-0.1, -0.05) is 70.4 Å². The highest BCUT2D eigenvalue weighted by atomic mass is 16.4. The second-order valence-corrected chi connectivity index (χ2v) is 12.3. The number of amides is 5. The number of hydrogen-bond donors (Lipinski definition) is 6. The van der Waals surface area contributed by atoms with Gasteiger partial charge in [-0.05, 0) is 50.8 Å². The van der Waals surface area contributed by atoms with Crippen molar-refractivity contribution in [3.8, 4) is 5.75 Å². The summed E-state index contributed by atoms with van der Waals surface area (Å²) in [4.78, 5) is 76.6. The second kappa shape index (κ2) is 20.9. The molecule has 47 heavy (non-hydrogen) atoms. The molecule has 0 spiro atoms. The van der Waals surface area contributed by atoms with Gasteiger partial charge in [-0.3, -0.25) is 24.0 Å². The molecule has 13 nitrogen and oxygen atoms in total. The van der Waals surface area contributed by atoms with E-state index >= 15 is 0 Å². The zero-order chi connectivity index (χ0) is 34.8. The van der Waals surface area contributed by atoms with E-state index in [2.05, 4.69) is 28.2 Å². The molecule has 1 aliphatic rings. The van der Waals surface area contributed by atoms with Crippen molar-refractivity contribution in [1.29, 1.82) is 0 Å². The van der Waals surface area contributed by atoms with Crippen LogP contribution >= 0.6 is 0 Å². The number of aliphatic carboxylic acids is 1. The smallest absolute Gasteiger partial charge is 0.326 e. The minimum atomic E-state index is -1.24. The highest BCUT2D eigenvalue weighted by Crippen LogP contribution is 2.19. The molecule has 0 aliphatic carbocycles. The van der Waals surface area contributed by atoms with Crippen LogP contribution in [0.5, 0.6) is 5.75 Å². The number of unbranched alkanes of at least 4 members (excludes halogenated alkanes) is 8. The first-order valence-corrected chi connectivity index (χ1v) is 16.9. The molecule has 1 saturated heterocycles. The molecular formula is C34H53N5O8. The lowest BCUT2D eigenvalue weighted by molar-refractivity contribution is -0.144. The van der Waals surface area contributed by atoms with Gasteiger partial charge in [0, 0.05) is 19.4 Å². The Labute approximate surface area is 277 Å². The van der Waals surface area contributed by atoms with E-state index in [1.165, 1.54) is 69.4 Å². The van der Waals surface area contributed by atoms with E-state index < -0.39 is 53.8 Å². The van der Waals surface area contributed by atoms with Gasteiger partial charge in [-0.2, -0.15) is 0 Å². The highest BCUT2D eigenvalue weighted by molar-refractivity contribution is 5.95. The molecule has 0 bridgehead atoms. The predicted molar refractivity (Wildman–Crippen MR) is 176 cm³/mol. The van der Waals surface area contributed by atoms with Crippen LogP contribution < -0.4 is 21.3 Å². The fourth-order valence-electron chi connectivity index (χ4n) is 5.51. The summed E-state index contributed by atoms with van der Waals surface area (Å²) in [5, 5.41) is 29.3. The Hall–Kier alpha value is -4.16. The average Bonchev–Trinajstić information content (AvgIpc) is 3.53. The third-order valence-electron chi connectivity index (χ3n) is 8.28. The van der Waals surface area contributed by atoms with Gasteiger partial charge in [0.2, 0.25) is 29.5 Å².